The molecule has 5 rings (SSSR count). The highest BCUT2D eigenvalue weighted by Gasteiger charge is 2.42. The molecule has 0 unspecified atom stereocenters. The molecule has 2 aromatic carbocycles. The number of carbonyl (C=O) groups is 3. The number of hydrogen-bond acceptors (Lipinski definition) is 5. The molecule has 3 aliphatic rings. The molecule has 274 valence electrons. The van der Waals surface area contributed by atoms with Crippen LogP contribution < -0.4 is 0 Å². The predicted molar refractivity (Wildman–Crippen MR) is 203 cm³/mol. The average molecular weight is 745 g/mol. The lowest BCUT2D eigenvalue weighted by atomic mass is 9.92. The number of amides is 3. The lowest BCUT2D eigenvalue weighted by Gasteiger charge is -2.42. The monoisotopic (exact) mass is 743 g/mol. The van der Waals surface area contributed by atoms with Crippen LogP contribution in [-0.4, -0.2) is 91.4 Å². The molecular formula is C39H55Cl2N3O5Si. The van der Waals surface area contributed by atoms with Crippen LogP contribution in [0.3, 0.4) is 0 Å². The molecule has 2 saturated heterocycles. The van der Waals surface area contributed by atoms with E-state index >= 15 is 0 Å². The Morgan fingerprint density at radius 1 is 0.800 bits per heavy atom. The smallest absolute Gasteiger partial charge is 0.410 e. The van der Waals surface area contributed by atoms with Crippen molar-refractivity contribution >= 4 is 49.4 Å². The van der Waals surface area contributed by atoms with Gasteiger partial charge in [-0.1, -0.05) is 56.1 Å². The number of piperazine rings is 1. The Morgan fingerprint density at radius 3 is 1.90 bits per heavy atom. The van der Waals surface area contributed by atoms with Crippen LogP contribution >= 0.6 is 23.2 Å². The molecule has 0 bridgehead atoms. The molecule has 0 spiro atoms. The first-order chi connectivity index (χ1) is 23.3. The average Bonchev–Trinajstić information content (AvgIpc) is 3.40. The Bertz CT molecular complexity index is 1530. The summed E-state index contributed by atoms with van der Waals surface area (Å²) in [5.74, 6) is 0.00411. The van der Waals surface area contributed by atoms with Crippen molar-refractivity contribution in [2.24, 2.45) is 5.92 Å². The summed E-state index contributed by atoms with van der Waals surface area (Å²) in [4.78, 5) is 44.8. The third-order valence-electron chi connectivity index (χ3n) is 11.0. The highest BCUT2D eigenvalue weighted by atomic mass is 35.5. The second-order valence-corrected chi connectivity index (χ2v) is 22.4. The number of benzene rings is 2. The fraction of sp³-hybridized carbons (Fsp3) is 0.615. The van der Waals surface area contributed by atoms with Gasteiger partial charge in [0.05, 0.1) is 0 Å². The van der Waals surface area contributed by atoms with Gasteiger partial charge in [0, 0.05) is 66.4 Å². The molecule has 3 fully saturated rings. The fourth-order valence-corrected chi connectivity index (χ4v) is 9.06. The van der Waals surface area contributed by atoms with Crippen molar-refractivity contribution in [1.29, 1.82) is 0 Å². The normalized spacial score (nSPS) is 22.2. The molecule has 1 saturated carbocycles. The molecule has 2 heterocycles. The largest absolute Gasteiger partial charge is 0.444 e. The Morgan fingerprint density at radius 2 is 1.36 bits per heavy atom. The number of ether oxygens (including phenoxy) is 1. The quantitative estimate of drug-likeness (QED) is 0.265. The minimum atomic E-state index is -1.81. The number of nitrogens with zero attached hydrogens (tertiary/aromatic N) is 3. The van der Waals surface area contributed by atoms with Crippen LogP contribution in [0, 0.1) is 5.92 Å². The van der Waals surface area contributed by atoms with E-state index < -0.39 is 13.9 Å². The van der Waals surface area contributed by atoms with Gasteiger partial charge in [-0.25, -0.2) is 4.79 Å². The first-order valence-electron chi connectivity index (χ1n) is 18.2. The van der Waals surface area contributed by atoms with Gasteiger partial charge < -0.3 is 23.9 Å². The van der Waals surface area contributed by atoms with Gasteiger partial charge >= 0.3 is 6.09 Å². The van der Waals surface area contributed by atoms with E-state index in [0.29, 0.717) is 54.3 Å². The molecule has 0 radical (unpaired) electrons. The minimum absolute atomic E-state index is 0.0744. The van der Waals surface area contributed by atoms with Gasteiger partial charge in [0.25, 0.3) is 5.91 Å². The summed E-state index contributed by atoms with van der Waals surface area (Å²) in [6, 6.07) is 11.5. The van der Waals surface area contributed by atoms with Crippen molar-refractivity contribution in [2.75, 3.05) is 32.7 Å². The van der Waals surface area contributed by atoms with Gasteiger partial charge in [0.1, 0.15) is 5.60 Å². The van der Waals surface area contributed by atoms with E-state index in [4.69, 9.17) is 32.4 Å². The maximum absolute atomic E-state index is 13.6. The van der Waals surface area contributed by atoms with Crippen LogP contribution in [-0.2, 0) is 20.4 Å². The molecule has 8 nitrogen and oxygen atoms in total. The molecule has 1 atom stereocenters. The number of rotatable bonds is 7. The molecule has 11 heteroatoms. The van der Waals surface area contributed by atoms with Gasteiger partial charge in [0.15, 0.2) is 8.32 Å². The molecule has 50 heavy (non-hydrogen) atoms. The summed E-state index contributed by atoms with van der Waals surface area (Å²) >= 11 is 13.7. The van der Waals surface area contributed by atoms with E-state index in [2.05, 4.69) is 38.8 Å². The van der Waals surface area contributed by atoms with Crippen LogP contribution in [0.1, 0.15) is 89.6 Å². The Kier molecular flexibility index (Phi) is 11.7. The van der Waals surface area contributed by atoms with Crippen LogP contribution in [0.15, 0.2) is 36.4 Å². The van der Waals surface area contributed by atoms with Crippen molar-refractivity contribution in [3.8, 4) is 11.1 Å². The molecule has 0 N–H and O–H groups in total. The highest BCUT2D eigenvalue weighted by Crippen LogP contribution is 2.41. The maximum Gasteiger partial charge on any atom is 0.410 e. The van der Waals surface area contributed by atoms with Crippen molar-refractivity contribution < 1.29 is 23.5 Å². The van der Waals surface area contributed by atoms with Gasteiger partial charge in [-0.05, 0) is 118 Å². The predicted octanol–water partition coefficient (Wildman–Crippen LogP) is 9.08. The number of hydrogen-bond donors (Lipinski definition) is 0. The Hall–Kier alpha value is -2.59. The van der Waals surface area contributed by atoms with E-state index in [9.17, 15) is 14.4 Å². The third-order valence-corrected chi connectivity index (χ3v) is 16.2. The highest BCUT2D eigenvalue weighted by molar-refractivity contribution is 6.74. The lowest BCUT2D eigenvalue weighted by Crippen LogP contribution is -2.51. The van der Waals surface area contributed by atoms with E-state index in [-0.39, 0.29) is 34.9 Å². The van der Waals surface area contributed by atoms with Crippen LogP contribution in [0.25, 0.3) is 11.1 Å². The fourth-order valence-electron chi connectivity index (χ4n) is 7.00. The summed E-state index contributed by atoms with van der Waals surface area (Å²) in [5, 5.41) is 1.29. The van der Waals surface area contributed by atoms with E-state index in [0.717, 1.165) is 55.3 Å². The zero-order valence-corrected chi connectivity index (χ0v) is 33.6. The minimum Gasteiger partial charge on any atom is -0.444 e. The van der Waals surface area contributed by atoms with Crippen LogP contribution in [0.5, 0.6) is 0 Å². The van der Waals surface area contributed by atoms with Crippen molar-refractivity contribution in [1.82, 2.24) is 14.7 Å². The van der Waals surface area contributed by atoms with Gasteiger partial charge in [-0.3, -0.25) is 9.59 Å². The summed E-state index contributed by atoms with van der Waals surface area (Å²) in [7, 11) is -1.81. The first-order valence-corrected chi connectivity index (χ1v) is 21.8. The van der Waals surface area contributed by atoms with Gasteiger partial charge in [-0.2, -0.15) is 0 Å². The Balaban J connectivity index is 1.15. The lowest BCUT2D eigenvalue weighted by molar-refractivity contribution is -0.133. The topological polar surface area (TPSA) is 79.4 Å². The van der Waals surface area contributed by atoms with Crippen LogP contribution in [0.2, 0.25) is 28.2 Å². The summed E-state index contributed by atoms with van der Waals surface area (Å²) in [6.07, 6.45) is 5.26. The first kappa shape index (κ1) is 38.6. The van der Waals surface area contributed by atoms with Crippen molar-refractivity contribution in [3.05, 3.63) is 57.6 Å². The standard InChI is InChI=1S/C39H55Cl2N3O5Si/c1-38(2,3)48-37(47)43-21-19-42(20-22-43)35(45)27-11-9-26(10-12-27)29-24-33(40)32(34(41)25-29)23-28-17-18-44(36(28)46)30-13-15-31(16-14-30)49-50(7,8)39(4,5)6/h9-12,24-25,28,30-31H,13-23H2,1-8H3/t28-,30-,31+/m0/s1. The van der Waals surface area contributed by atoms with Crippen molar-refractivity contribution in [3.63, 3.8) is 0 Å². The van der Waals surface area contributed by atoms with E-state index in [1.54, 1.807) is 9.80 Å². The number of halogens is 2. The molecule has 1 aliphatic carbocycles. The summed E-state index contributed by atoms with van der Waals surface area (Å²) in [5.41, 5.74) is 2.57. The van der Waals surface area contributed by atoms with Crippen LogP contribution in [0.4, 0.5) is 4.79 Å². The van der Waals surface area contributed by atoms with E-state index in [1.165, 1.54) is 0 Å². The maximum atomic E-state index is 13.6. The third kappa shape index (κ3) is 9.06. The molecule has 2 aromatic rings. The summed E-state index contributed by atoms with van der Waals surface area (Å²) < 4.78 is 12.2. The van der Waals surface area contributed by atoms with E-state index in [1.807, 2.05) is 57.2 Å². The zero-order chi connectivity index (χ0) is 36.6. The second kappa shape index (κ2) is 15.2. The summed E-state index contributed by atoms with van der Waals surface area (Å²) in [6.45, 7) is 19.5. The molecule has 0 aromatic heterocycles. The second-order valence-electron chi connectivity index (χ2n) is 16.8. The van der Waals surface area contributed by atoms with Gasteiger partial charge in [-0.15, -0.1) is 0 Å². The Labute approximate surface area is 309 Å². The molecular weight excluding hydrogens is 689 g/mol. The molecule has 2 aliphatic heterocycles. The number of carbonyl (C=O) groups excluding carboxylic acids is 3. The zero-order valence-electron chi connectivity index (χ0n) is 31.1. The van der Waals surface area contributed by atoms with Crippen molar-refractivity contribution in [2.45, 2.75) is 116 Å². The van der Waals surface area contributed by atoms with Gasteiger partial charge in [0.2, 0.25) is 5.91 Å². The number of likely N-dealkylation sites (tertiary alicyclic amines) is 1. The molecule has 3 amide bonds. The SMILES string of the molecule is CC(C)(C)OC(=O)N1CCN(C(=O)c2ccc(-c3cc(Cl)c(C[C@@H]4CCN([C@H]5CC[C@@H](O[Si](C)(C)C(C)(C)C)CC5)C4=O)c(Cl)c3)cc2)CC1.